The van der Waals surface area contributed by atoms with Crippen LogP contribution >= 0.6 is 0 Å². The number of anilines is 1. The predicted molar refractivity (Wildman–Crippen MR) is 31.1 cm³/mol. The Bertz CT molecular complexity index is 223. The molecule has 0 unspecified atom stereocenters. The molecule has 0 spiro atoms. The third-order valence-corrected chi connectivity index (χ3v) is 0.906. The van der Waals surface area contributed by atoms with Gasteiger partial charge in [0, 0.05) is 0 Å². The molecule has 0 aromatic carbocycles. The Morgan fingerprint density at radius 3 is 2.78 bits per heavy atom. The molecule has 1 aromatic rings. The summed E-state index contributed by atoms with van der Waals surface area (Å²) in [5.74, 6) is -0.321. The zero-order chi connectivity index (χ0) is 6.85. The van der Waals surface area contributed by atoms with Gasteiger partial charge in [-0.2, -0.15) is 4.39 Å². The van der Waals surface area contributed by atoms with E-state index in [1.165, 1.54) is 13.1 Å². The van der Waals surface area contributed by atoms with E-state index in [4.69, 9.17) is 5.73 Å². The van der Waals surface area contributed by atoms with E-state index in [2.05, 4.69) is 9.97 Å². The maximum absolute atomic E-state index is 12.3. The largest absolute Gasteiger partial charge is 0.382 e. The molecule has 48 valence electrons. The second kappa shape index (κ2) is 1.97. The highest BCUT2D eigenvalue weighted by Crippen LogP contribution is 1.99. The Morgan fingerprint density at radius 2 is 2.33 bits per heavy atom. The van der Waals surface area contributed by atoms with Crippen LogP contribution in [-0.4, -0.2) is 9.97 Å². The highest BCUT2D eigenvalue weighted by Gasteiger charge is 1.97. The van der Waals surface area contributed by atoms with Gasteiger partial charge in [0.05, 0.1) is 11.9 Å². The number of hydrogen-bond acceptors (Lipinski definition) is 3. The summed E-state index contributed by atoms with van der Waals surface area (Å²) in [7, 11) is 0. The smallest absolute Gasteiger partial charge is 0.234 e. The van der Waals surface area contributed by atoms with Gasteiger partial charge in [-0.15, -0.1) is 0 Å². The normalized spacial score (nSPS) is 9.56. The van der Waals surface area contributed by atoms with Crippen molar-refractivity contribution in [1.29, 1.82) is 0 Å². The Hall–Kier alpha value is -1.19. The first-order valence-electron chi connectivity index (χ1n) is 2.45. The number of hydrogen-bond donors (Lipinski definition) is 1. The lowest BCUT2D eigenvalue weighted by Crippen LogP contribution is -1.97. The van der Waals surface area contributed by atoms with Crippen LogP contribution in [0.4, 0.5) is 10.2 Å². The van der Waals surface area contributed by atoms with Gasteiger partial charge in [-0.1, -0.05) is 0 Å². The third kappa shape index (κ3) is 1.13. The topological polar surface area (TPSA) is 51.8 Å². The van der Waals surface area contributed by atoms with E-state index in [1.807, 2.05) is 0 Å². The van der Waals surface area contributed by atoms with E-state index in [0.717, 1.165) is 0 Å². The summed E-state index contributed by atoms with van der Waals surface area (Å²) in [5.41, 5.74) is 5.42. The van der Waals surface area contributed by atoms with E-state index >= 15 is 0 Å². The van der Waals surface area contributed by atoms with Crippen molar-refractivity contribution in [3.63, 3.8) is 0 Å². The number of rotatable bonds is 0. The van der Waals surface area contributed by atoms with Gasteiger partial charge in [-0.05, 0) is 6.92 Å². The Labute approximate surface area is 51.7 Å². The highest BCUT2D eigenvalue weighted by molar-refractivity contribution is 5.23. The van der Waals surface area contributed by atoms with E-state index in [0.29, 0.717) is 0 Å². The second-order valence-corrected chi connectivity index (χ2v) is 1.67. The Kier molecular flexibility index (Phi) is 1.30. The summed E-state index contributed by atoms with van der Waals surface area (Å²) in [5, 5.41) is 0. The SMILES string of the molecule is Cc1nc(N)cnc1F. The molecule has 2 N–H and O–H groups in total. The second-order valence-electron chi connectivity index (χ2n) is 1.67. The molecule has 4 heteroatoms. The molecule has 0 aliphatic rings. The molecule has 0 amide bonds. The van der Waals surface area contributed by atoms with Gasteiger partial charge in [-0.25, -0.2) is 9.97 Å². The highest BCUT2D eigenvalue weighted by atomic mass is 19.1. The van der Waals surface area contributed by atoms with E-state index in [1.54, 1.807) is 0 Å². The summed E-state index contributed by atoms with van der Waals surface area (Å²) >= 11 is 0. The lowest BCUT2D eigenvalue weighted by Gasteiger charge is -1.93. The average Bonchev–Trinajstić information content (AvgIpc) is 1.80. The Morgan fingerprint density at radius 1 is 1.67 bits per heavy atom. The van der Waals surface area contributed by atoms with Crippen molar-refractivity contribution in [2.24, 2.45) is 0 Å². The molecule has 0 radical (unpaired) electrons. The number of halogens is 1. The minimum Gasteiger partial charge on any atom is -0.382 e. The van der Waals surface area contributed by atoms with E-state index in [9.17, 15) is 4.39 Å². The van der Waals surface area contributed by atoms with Gasteiger partial charge in [0.1, 0.15) is 5.82 Å². The molecule has 0 bridgehead atoms. The lowest BCUT2D eigenvalue weighted by molar-refractivity contribution is 0.566. The zero-order valence-corrected chi connectivity index (χ0v) is 4.93. The van der Waals surface area contributed by atoms with Gasteiger partial charge in [0.2, 0.25) is 5.95 Å². The molecule has 0 fully saturated rings. The molecule has 0 atom stereocenters. The number of nitrogen functional groups attached to an aromatic ring is 1. The third-order valence-electron chi connectivity index (χ3n) is 0.906. The summed E-state index contributed by atoms with van der Waals surface area (Å²) in [4.78, 5) is 6.94. The monoisotopic (exact) mass is 127 g/mol. The van der Waals surface area contributed by atoms with Crippen molar-refractivity contribution in [2.75, 3.05) is 5.73 Å². The molecule has 0 saturated carbocycles. The van der Waals surface area contributed by atoms with Crippen LogP contribution in [0.15, 0.2) is 6.20 Å². The predicted octanol–water partition coefficient (Wildman–Crippen LogP) is 0.506. The van der Waals surface area contributed by atoms with Crippen molar-refractivity contribution in [1.82, 2.24) is 9.97 Å². The summed E-state index contributed by atoms with van der Waals surface area (Å²) in [6.07, 6.45) is 1.18. The fraction of sp³-hybridized carbons (Fsp3) is 0.200. The van der Waals surface area contributed by atoms with Crippen molar-refractivity contribution < 1.29 is 4.39 Å². The zero-order valence-electron chi connectivity index (χ0n) is 4.93. The van der Waals surface area contributed by atoms with Crippen molar-refractivity contribution >= 4 is 5.82 Å². The van der Waals surface area contributed by atoms with Gasteiger partial charge in [-0.3, -0.25) is 0 Å². The van der Waals surface area contributed by atoms with Crippen LogP contribution in [0.3, 0.4) is 0 Å². The molecule has 9 heavy (non-hydrogen) atoms. The molecule has 0 saturated heterocycles. The molecular formula is C5H6FN3. The molecule has 0 aliphatic heterocycles. The number of nitrogens with zero attached hydrogens (tertiary/aromatic N) is 2. The van der Waals surface area contributed by atoms with Crippen LogP contribution in [-0.2, 0) is 0 Å². The van der Waals surface area contributed by atoms with Crippen LogP contribution in [0.1, 0.15) is 5.69 Å². The Balaban J connectivity index is 3.17. The summed E-state index contributed by atoms with van der Waals surface area (Å²) < 4.78 is 12.3. The fourth-order valence-corrected chi connectivity index (χ4v) is 0.485. The minimum atomic E-state index is -0.566. The van der Waals surface area contributed by atoms with Crippen LogP contribution in [0.2, 0.25) is 0 Å². The molecule has 0 aliphatic carbocycles. The molecule has 1 aromatic heterocycles. The van der Waals surface area contributed by atoms with Crippen molar-refractivity contribution in [3.05, 3.63) is 17.8 Å². The molecule has 1 heterocycles. The van der Waals surface area contributed by atoms with Gasteiger partial charge < -0.3 is 5.73 Å². The van der Waals surface area contributed by atoms with Crippen LogP contribution in [0.5, 0.6) is 0 Å². The maximum atomic E-state index is 12.3. The van der Waals surface area contributed by atoms with Crippen LogP contribution in [0, 0.1) is 12.9 Å². The first-order valence-corrected chi connectivity index (χ1v) is 2.45. The fourth-order valence-electron chi connectivity index (χ4n) is 0.485. The minimum absolute atomic E-state index is 0.231. The lowest BCUT2D eigenvalue weighted by atomic mass is 10.5. The maximum Gasteiger partial charge on any atom is 0.234 e. The standard InChI is InChI=1S/C5H6FN3/c1-3-5(6)8-2-4(7)9-3/h2H,1H3,(H2,7,9). The molecule has 1 rings (SSSR count). The number of aromatic nitrogens is 2. The molecule has 3 nitrogen and oxygen atoms in total. The number of aryl methyl sites for hydroxylation is 1. The van der Waals surface area contributed by atoms with Crippen molar-refractivity contribution in [2.45, 2.75) is 6.92 Å². The van der Waals surface area contributed by atoms with Crippen LogP contribution < -0.4 is 5.73 Å². The first-order chi connectivity index (χ1) is 4.20. The number of nitrogens with two attached hydrogens (primary N) is 1. The van der Waals surface area contributed by atoms with Gasteiger partial charge in [0.15, 0.2) is 0 Å². The average molecular weight is 127 g/mol. The van der Waals surface area contributed by atoms with E-state index < -0.39 is 5.95 Å². The van der Waals surface area contributed by atoms with Gasteiger partial charge in [0.25, 0.3) is 0 Å². The summed E-state index contributed by atoms with van der Waals surface area (Å²) in [6, 6.07) is 0. The van der Waals surface area contributed by atoms with E-state index in [-0.39, 0.29) is 11.5 Å². The summed E-state index contributed by atoms with van der Waals surface area (Å²) in [6.45, 7) is 1.51. The van der Waals surface area contributed by atoms with Crippen LogP contribution in [0.25, 0.3) is 0 Å². The first kappa shape index (κ1) is 5.94. The molecular weight excluding hydrogens is 121 g/mol. The van der Waals surface area contributed by atoms with Gasteiger partial charge >= 0.3 is 0 Å². The quantitative estimate of drug-likeness (QED) is 0.552. The van der Waals surface area contributed by atoms with Crippen molar-refractivity contribution in [3.8, 4) is 0 Å².